The molecule has 0 aliphatic heterocycles. The molecule has 3 rings (SSSR count). The predicted molar refractivity (Wildman–Crippen MR) is 82.6 cm³/mol. The van der Waals surface area contributed by atoms with Gasteiger partial charge in [0.15, 0.2) is 0 Å². The molecule has 4 nitrogen and oxygen atoms in total. The first-order valence-electron chi connectivity index (χ1n) is 7.00. The summed E-state index contributed by atoms with van der Waals surface area (Å²) < 4.78 is 10.7. The summed E-state index contributed by atoms with van der Waals surface area (Å²) in [5.41, 5.74) is 4.97. The van der Waals surface area contributed by atoms with E-state index < -0.39 is 0 Å². The number of fused-ring (bicyclic) bond motifs is 1. The average molecular weight is 282 g/mol. The Balaban J connectivity index is 2.29. The van der Waals surface area contributed by atoms with Crippen molar-refractivity contribution in [3.8, 4) is 17.0 Å². The summed E-state index contributed by atoms with van der Waals surface area (Å²) in [5.74, 6) is 1.17. The van der Waals surface area contributed by atoms with E-state index in [9.17, 15) is 0 Å². The topological polar surface area (TPSA) is 48.2 Å². The van der Waals surface area contributed by atoms with Crippen LogP contribution in [0.2, 0.25) is 0 Å². The van der Waals surface area contributed by atoms with Gasteiger partial charge in [-0.15, -0.1) is 0 Å². The summed E-state index contributed by atoms with van der Waals surface area (Å²) >= 11 is 0. The summed E-state index contributed by atoms with van der Waals surface area (Å²) in [6, 6.07) is 5.89. The minimum atomic E-state index is 0.346. The molecule has 0 unspecified atom stereocenters. The fourth-order valence-corrected chi connectivity index (χ4v) is 2.64. The van der Waals surface area contributed by atoms with Gasteiger partial charge in [-0.3, -0.25) is 4.98 Å². The van der Waals surface area contributed by atoms with E-state index in [2.05, 4.69) is 30.9 Å². The van der Waals surface area contributed by atoms with Gasteiger partial charge in [-0.1, -0.05) is 25.1 Å². The van der Waals surface area contributed by atoms with Crippen LogP contribution in [0.4, 0.5) is 0 Å². The van der Waals surface area contributed by atoms with Crippen molar-refractivity contribution in [1.82, 2.24) is 10.1 Å². The Morgan fingerprint density at radius 3 is 2.76 bits per heavy atom. The lowest BCUT2D eigenvalue weighted by Crippen LogP contribution is -1.95. The highest BCUT2D eigenvalue weighted by molar-refractivity contribution is 5.92. The third-order valence-electron chi connectivity index (χ3n) is 3.81. The van der Waals surface area contributed by atoms with E-state index >= 15 is 0 Å². The number of aryl methyl sites for hydroxylation is 1. The molecule has 0 N–H and O–H groups in total. The zero-order valence-electron chi connectivity index (χ0n) is 12.7. The number of rotatable bonds is 3. The minimum Gasteiger partial charge on any atom is -0.496 e. The van der Waals surface area contributed by atoms with Crippen molar-refractivity contribution in [1.29, 1.82) is 0 Å². The van der Waals surface area contributed by atoms with Crippen LogP contribution in [0.25, 0.3) is 22.2 Å². The van der Waals surface area contributed by atoms with E-state index in [1.54, 1.807) is 13.4 Å². The molecule has 0 saturated carbocycles. The maximum Gasteiger partial charge on any atom is 0.128 e. The lowest BCUT2D eigenvalue weighted by Gasteiger charge is -2.12. The van der Waals surface area contributed by atoms with Crippen molar-refractivity contribution in [2.75, 3.05) is 7.11 Å². The largest absolute Gasteiger partial charge is 0.496 e. The molecule has 108 valence electrons. The molecule has 0 aliphatic carbocycles. The number of pyridine rings is 1. The predicted octanol–water partition coefficient (Wildman–Crippen LogP) is 4.33. The molecular formula is C17H18N2O2. The number of ether oxygens (including phenoxy) is 1. The normalized spacial score (nSPS) is 11.3. The first kappa shape index (κ1) is 13.6. The third-order valence-corrected chi connectivity index (χ3v) is 3.81. The molecule has 2 heterocycles. The highest BCUT2D eigenvalue weighted by Gasteiger charge is 2.18. The quantitative estimate of drug-likeness (QED) is 0.717. The zero-order chi connectivity index (χ0) is 15.0. The first-order valence-corrected chi connectivity index (χ1v) is 7.00. The molecule has 2 aromatic heterocycles. The van der Waals surface area contributed by atoms with Crippen molar-refractivity contribution < 1.29 is 9.26 Å². The first-order chi connectivity index (χ1) is 10.1. The smallest absolute Gasteiger partial charge is 0.128 e. The van der Waals surface area contributed by atoms with Crippen LogP contribution in [0.3, 0.4) is 0 Å². The van der Waals surface area contributed by atoms with E-state index in [1.807, 2.05) is 24.4 Å². The van der Waals surface area contributed by atoms with Crippen molar-refractivity contribution >= 4 is 10.9 Å². The van der Waals surface area contributed by atoms with Crippen LogP contribution in [-0.2, 0) is 0 Å². The third kappa shape index (κ3) is 2.17. The average Bonchev–Trinajstić information content (AvgIpc) is 2.96. The fourth-order valence-electron chi connectivity index (χ4n) is 2.64. The van der Waals surface area contributed by atoms with Gasteiger partial charge in [0.1, 0.15) is 17.7 Å². The summed E-state index contributed by atoms with van der Waals surface area (Å²) in [7, 11) is 1.68. The van der Waals surface area contributed by atoms with Gasteiger partial charge >= 0.3 is 0 Å². The molecular weight excluding hydrogens is 264 g/mol. The van der Waals surface area contributed by atoms with Gasteiger partial charge < -0.3 is 9.26 Å². The van der Waals surface area contributed by atoms with E-state index in [-0.39, 0.29) is 0 Å². The highest BCUT2D eigenvalue weighted by Crippen LogP contribution is 2.35. The van der Waals surface area contributed by atoms with E-state index in [0.717, 1.165) is 39.0 Å². The number of hydrogen-bond donors (Lipinski definition) is 0. The van der Waals surface area contributed by atoms with Crippen LogP contribution < -0.4 is 4.74 Å². The number of hydrogen-bond acceptors (Lipinski definition) is 4. The maximum absolute atomic E-state index is 5.47. The van der Waals surface area contributed by atoms with Crippen LogP contribution in [0.1, 0.15) is 30.9 Å². The highest BCUT2D eigenvalue weighted by atomic mass is 16.5. The van der Waals surface area contributed by atoms with Crippen molar-refractivity contribution in [2.45, 2.75) is 26.7 Å². The van der Waals surface area contributed by atoms with Gasteiger partial charge in [-0.05, 0) is 30.5 Å². The zero-order valence-corrected chi connectivity index (χ0v) is 12.7. The Hall–Kier alpha value is -2.36. The van der Waals surface area contributed by atoms with Gasteiger partial charge in [0, 0.05) is 22.7 Å². The summed E-state index contributed by atoms with van der Waals surface area (Å²) in [4.78, 5) is 4.55. The monoisotopic (exact) mass is 282 g/mol. The molecule has 0 spiro atoms. The molecule has 0 amide bonds. The summed E-state index contributed by atoms with van der Waals surface area (Å²) in [6.45, 7) is 6.32. The van der Waals surface area contributed by atoms with E-state index in [0.29, 0.717) is 5.92 Å². The van der Waals surface area contributed by atoms with Crippen LogP contribution in [0, 0.1) is 6.92 Å². The van der Waals surface area contributed by atoms with Gasteiger partial charge in [-0.2, -0.15) is 0 Å². The van der Waals surface area contributed by atoms with Gasteiger partial charge in [-0.25, -0.2) is 0 Å². The van der Waals surface area contributed by atoms with Crippen LogP contribution >= 0.6 is 0 Å². The van der Waals surface area contributed by atoms with Gasteiger partial charge in [0.25, 0.3) is 0 Å². The van der Waals surface area contributed by atoms with Gasteiger partial charge in [0.2, 0.25) is 0 Å². The number of nitrogens with zero attached hydrogens (tertiary/aromatic N) is 2. The van der Waals surface area contributed by atoms with Crippen molar-refractivity contribution in [3.63, 3.8) is 0 Å². The van der Waals surface area contributed by atoms with Crippen LogP contribution in [0.15, 0.2) is 35.2 Å². The molecule has 0 aliphatic rings. The Kier molecular flexibility index (Phi) is 3.37. The molecule has 21 heavy (non-hydrogen) atoms. The number of benzene rings is 1. The van der Waals surface area contributed by atoms with Crippen molar-refractivity contribution in [3.05, 3.63) is 41.8 Å². The molecule has 0 fully saturated rings. The lowest BCUT2D eigenvalue weighted by atomic mass is 9.96. The molecule has 3 aromatic rings. The maximum atomic E-state index is 5.47. The minimum absolute atomic E-state index is 0.346. The number of aromatic nitrogens is 2. The second-order valence-corrected chi connectivity index (χ2v) is 5.42. The Labute approximate surface area is 123 Å². The fraction of sp³-hybridized carbons (Fsp3) is 0.294. The lowest BCUT2D eigenvalue weighted by molar-refractivity contribution is 0.419. The van der Waals surface area contributed by atoms with Gasteiger partial charge in [0.05, 0.1) is 12.6 Å². The second kappa shape index (κ2) is 5.20. The number of methoxy groups -OCH3 is 1. The van der Waals surface area contributed by atoms with E-state index in [4.69, 9.17) is 9.26 Å². The Morgan fingerprint density at radius 2 is 2.05 bits per heavy atom. The van der Waals surface area contributed by atoms with Crippen LogP contribution in [-0.4, -0.2) is 17.3 Å². The summed E-state index contributed by atoms with van der Waals surface area (Å²) in [6.07, 6.45) is 3.58. The SMILES string of the molecule is COc1cccc2ncc(-c3nocc3C(C)C)c(C)c12. The molecule has 4 heteroatoms. The summed E-state index contributed by atoms with van der Waals surface area (Å²) in [5, 5.41) is 5.20. The molecule has 1 aromatic carbocycles. The Bertz CT molecular complexity index is 791. The van der Waals surface area contributed by atoms with Crippen molar-refractivity contribution in [2.24, 2.45) is 0 Å². The molecule has 0 bridgehead atoms. The molecule has 0 saturated heterocycles. The van der Waals surface area contributed by atoms with Crippen LogP contribution in [0.5, 0.6) is 5.75 Å². The van der Waals surface area contributed by atoms with E-state index in [1.165, 1.54) is 0 Å². The standard InChI is InChI=1S/C17H18N2O2/c1-10(2)13-9-21-19-17(13)12-8-18-14-6-5-7-15(20-4)16(14)11(12)3/h5-10H,1-4H3. The molecule has 0 atom stereocenters. The second-order valence-electron chi connectivity index (χ2n) is 5.42. The molecule has 0 radical (unpaired) electrons. The Morgan fingerprint density at radius 1 is 1.24 bits per heavy atom.